The third-order valence-corrected chi connectivity index (χ3v) is 1.05. The fourth-order valence-corrected chi connectivity index (χ4v) is 0.385. The average Bonchev–Trinajstić information content (AvgIpc) is 2.02. The number of aliphatic hydroxyl groups is 1. The van der Waals surface area contributed by atoms with E-state index in [0.717, 1.165) is 6.08 Å². The van der Waals surface area contributed by atoms with Gasteiger partial charge in [-0.2, -0.15) is 5.06 Å². The van der Waals surface area contributed by atoms with E-state index in [1.165, 1.54) is 14.0 Å². The van der Waals surface area contributed by atoms with Gasteiger partial charge in [0.15, 0.2) is 6.10 Å². The first-order valence-electron chi connectivity index (χ1n) is 3.29. The molecular weight excluding hydrogens is 162 g/mol. The molecule has 1 amide bonds. The van der Waals surface area contributed by atoms with Gasteiger partial charge in [0.2, 0.25) is 0 Å². The van der Waals surface area contributed by atoms with E-state index in [4.69, 9.17) is 5.11 Å². The molecule has 0 aromatic heterocycles. The zero-order valence-electron chi connectivity index (χ0n) is 6.98. The summed E-state index contributed by atoms with van der Waals surface area (Å²) in [6, 6.07) is 0. The van der Waals surface area contributed by atoms with Crippen LogP contribution in [-0.2, 0) is 14.4 Å². The summed E-state index contributed by atoms with van der Waals surface area (Å²) in [4.78, 5) is 25.8. The lowest BCUT2D eigenvalue weighted by Crippen LogP contribution is -2.32. The Morgan fingerprint density at radius 2 is 2.17 bits per heavy atom. The monoisotopic (exact) mass is 173 g/mol. The highest BCUT2D eigenvalue weighted by atomic mass is 16.7. The van der Waals surface area contributed by atoms with E-state index in [1.807, 2.05) is 0 Å². The van der Waals surface area contributed by atoms with Gasteiger partial charge in [-0.3, -0.25) is 4.79 Å². The second-order valence-corrected chi connectivity index (χ2v) is 2.13. The zero-order chi connectivity index (χ0) is 9.72. The molecule has 0 saturated heterocycles. The number of aliphatic hydroxyl groups excluding tert-OH is 1. The minimum atomic E-state index is -1.25. The second kappa shape index (κ2) is 4.50. The van der Waals surface area contributed by atoms with E-state index >= 15 is 0 Å². The van der Waals surface area contributed by atoms with Gasteiger partial charge >= 0.3 is 5.97 Å². The molecule has 0 aliphatic rings. The molecule has 0 aliphatic heterocycles. The third kappa shape index (κ3) is 3.16. The number of nitrogens with zero attached hydrogens (tertiary/aromatic N) is 1. The Morgan fingerprint density at radius 3 is 2.50 bits per heavy atom. The van der Waals surface area contributed by atoms with E-state index < -0.39 is 18.0 Å². The van der Waals surface area contributed by atoms with Gasteiger partial charge < -0.3 is 9.94 Å². The minimum absolute atomic E-state index is 0.552. The van der Waals surface area contributed by atoms with Crippen LogP contribution in [0.3, 0.4) is 0 Å². The van der Waals surface area contributed by atoms with Gasteiger partial charge in [0.05, 0.1) is 0 Å². The summed E-state index contributed by atoms with van der Waals surface area (Å²) in [5, 5.41) is 9.38. The van der Waals surface area contributed by atoms with Gasteiger partial charge in [0, 0.05) is 7.05 Å². The van der Waals surface area contributed by atoms with Crippen molar-refractivity contribution in [2.75, 3.05) is 7.05 Å². The van der Waals surface area contributed by atoms with Crippen LogP contribution < -0.4 is 0 Å². The summed E-state index contributed by atoms with van der Waals surface area (Å²) in [5.41, 5.74) is 0. The largest absolute Gasteiger partial charge is 0.382 e. The normalized spacial score (nSPS) is 11.6. The van der Waals surface area contributed by atoms with Gasteiger partial charge in [-0.1, -0.05) is 6.58 Å². The van der Waals surface area contributed by atoms with E-state index in [-0.39, 0.29) is 0 Å². The van der Waals surface area contributed by atoms with Crippen LogP contribution in [0.4, 0.5) is 0 Å². The predicted octanol–water partition coefficient (Wildman–Crippen LogP) is -0.530. The van der Waals surface area contributed by atoms with Crippen molar-refractivity contribution < 1.29 is 19.5 Å². The number of hydrogen-bond acceptors (Lipinski definition) is 4. The Labute approximate surface area is 70.2 Å². The second-order valence-electron chi connectivity index (χ2n) is 2.13. The lowest BCUT2D eigenvalue weighted by molar-refractivity contribution is -0.196. The van der Waals surface area contributed by atoms with Gasteiger partial charge in [-0.25, -0.2) is 4.79 Å². The third-order valence-electron chi connectivity index (χ3n) is 1.05. The molecule has 0 aromatic carbocycles. The average molecular weight is 173 g/mol. The molecule has 0 fully saturated rings. The van der Waals surface area contributed by atoms with Crippen molar-refractivity contribution >= 4 is 11.9 Å². The van der Waals surface area contributed by atoms with E-state index in [1.54, 1.807) is 0 Å². The SMILES string of the molecule is C=CC(=O)N(C)OC(=O)C(C)O. The summed E-state index contributed by atoms with van der Waals surface area (Å²) >= 11 is 0. The number of hydroxylamine groups is 2. The molecule has 0 radical (unpaired) electrons. The van der Waals surface area contributed by atoms with Crippen molar-refractivity contribution in [3.63, 3.8) is 0 Å². The molecule has 5 nitrogen and oxygen atoms in total. The van der Waals surface area contributed by atoms with Crippen molar-refractivity contribution in [2.45, 2.75) is 13.0 Å². The van der Waals surface area contributed by atoms with Gasteiger partial charge in [-0.05, 0) is 13.0 Å². The maximum absolute atomic E-state index is 10.7. The van der Waals surface area contributed by atoms with Crippen LogP contribution in [0.5, 0.6) is 0 Å². The summed E-state index contributed by atoms with van der Waals surface area (Å²) in [7, 11) is 1.25. The molecule has 0 aliphatic carbocycles. The minimum Gasteiger partial charge on any atom is -0.382 e. The lowest BCUT2D eigenvalue weighted by atomic mass is 10.4. The molecule has 68 valence electrons. The summed E-state index contributed by atoms with van der Waals surface area (Å²) in [6.07, 6.45) is -0.250. The Morgan fingerprint density at radius 1 is 1.67 bits per heavy atom. The van der Waals surface area contributed by atoms with Gasteiger partial charge in [0.1, 0.15) is 0 Å². The van der Waals surface area contributed by atoms with Crippen LogP contribution in [0.1, 0.15) is 6.92 Å². The fourth-order valence-electron chi connectivity index (χ4n) is 0.385. The van der Waals surface area contributed by atoms with E-state index in [9.17, 15) is 9.59 Å². The van der Waals surface area contributed by atoms with Gasteiger partial charge in [-0.15, -0.1) is 0 Å². The van der Waals surface area contributed by atoms with Crippen molar-refractivity contribution in [2.24, 2.45) is 0 Å². The molecule has 0 heterocycles. The van der Waals surface area contributed by atoms with Gasteiger partial charge in [0.25, 0.3) is 5.91 Å². The molecular formula is C7H11NO4. The molecule has 1 atom stereocenters. The van der Waals surface area contributed by atoms with Crippen LogP contribution in [-0.4, -0.2) is 35.2 Å². The number of rotatable bonds is 2. The molecule has 12 heavy (non-hydrogen) atoms. The summed E-state index contributed by atoms with van der Waals surface area (Å²) < 4.78 is 0. The number of carbonyl (C=O) groups is 2. The van der Waals surface area contributed by atoms with Crippen LogP contribution >= 0.6 is 0 Å². The Balaban J connectivity index is 4.00. The van der Waals surface area contributed by atoms with Crippen molar-refractivity contribution in [1.29, 1.82) is 0 Å². The molecule has 0 rings (SSSR count). The first kappa shape index (κ1) is 10.6. The Bertz CT molecular complexity index is 200. The predicted molar refractivity (Wildman–Crippen MR) is 40.7 cm³/mol. The van der Waals surface area contributed by atoms with Crippen LogP contribution in [0.25, 0.3) is 0 Å². The molecule has 0 saturated carbocycles. The number of carbonyl (C=O) groups excluding carboxylic acids is 2. The number of likely N-dealkylation sites (N-methyl/N-ethyl adjacent to an activating group) is 1. The van der Waals surface area contributed by atoms with Crippen molar-refractivity contribution in [3.8, 4) is 0 Å². The smallest absolute Gasteiger partial charge is 0.360 e. The molecule has 0 spiro atoms. The fraction of sp³-hybridized carbons (Fsp3) is 0.429. The molecule has 0 aromatic rings. The van der Waals surface area contributed by atoms with Crippen LogP contribution in [0.15, 0.2) is 12.7 Å². The Hall–Kier alpha value is -1.36. The lowest BCUT2D eigenvalue weighted by Gasteiger charge is -2.14. The van der Waals surface area contributed by atoms with E-state index in [2.05, 4.69) is 11.4 Å². The first-order chi connectivity index (χ1) is 5.49. The maximum atomic E-state index is 10.7. The molecule has 1 unspecified atom stereocenters. The maximum Gasteiger partial charge on any atom is 0.360 e. The van der Waals surface area contributed by atoms with E-state index in [0.29, 0.717) is 5.06 Å². The highest BCUT2D eigenvalue weighted by Gasteiger charge is 2.15. The van der Waals surface area contributed by atoms with Crippen LogP contribution in [0, 0.1) is 0 Å². The molecule has 5 heteroatoms. The Kier molecular flexibility index (Phi) is 3.99. The summed E-state index contributed by atoms with van der Waals surface area (Å²) in [6.45, 7) is 4.43. The summed E-state index contributed by atoms with van der Waals surface area (Å²) in [5.74, 6) is -1.43. The number of amides is 1. The molecule has 1 N–H and O–H groups in total. The number of hydrogen-bond donors (Lipinski definition) is 1. The van der Waals surface area contributed by atoms with Crippen molar-refractivity contribution in [1.82, 2.24) is 5.06 Å². The van der Waals surface area contributed by atoms with Crippen molar-refractivity contribution in [3.05, 3.63) is 12.7 Å². The molecule has 0 bridgehead atoms. The first-order valence-corrected chi connectivity index (χ1v) is 3.29. The topological polar surface area (TPSA) is 66.8 Å². The highest BCUT2D eigenvalue weighted by molar-refractivity contribution is 5.87. The quantitative estimate of drug-likeness (QED) is 0.450. The van der Waals surface area contributed by atoms with Crippen LogP contribution in [0.2, 0.25) is 0 Å². The zero-order valence-corrected chi connectivity index (χ0v) is 6.98. The highest BCUT2D eigenvalue weighted by Crippen LogP contribution is 1.92. The standard InChI is InChI=1S/C7H11NO4/c1-4-6(10)8(3)12-7(11)5(2)9/h4-5,9H,1H2,2-3H3.